The van der Waals surface area contributed by atoms with Gasteiger partial charge in [-0.15, -0.1) is 0 Å². The SMILES string of the molecule is Cn1cc(NC(=O)c2nc(NC(=O)CCNC(=O)c3cc(NC(=O)c4nccn4C)cn3C)cn2C)cc1C(=O)NCCCC(=O)Nc1cn(C)c(C(=O)NCCC(=O)Nc2cc(C(=O)Nc3cn(C)c(C(=O)NCCC(=O)N4CCC(N5CCNCC5)CC4)n3)n(C)c2)n1. The maximum atomic E-state index is 13.3. The van der Waals surface area contributed by atoms with Gasteiger partial charge in [0.05, 0.1) is 17.1 Å². The summed E-state index contributed by atoms with van der Waals surface area (Å²) >= 11 is 0. The second-order valence-electron chi connectivity index (χ2n) is 23.0. The lowest BCUT2D eigenvalue weighted by Crippen LogP contribution is -2.52. The Morgan fingerprint density at radius 2 is 0.842 bits per heavy atom. The van der Waals surface area contributed by atoms with Crippen molar-refractivity contribution in [1.29, 1.82) is 0 Å². The predicted octanol–water partition coefficient (Wildman–Crippen LogP) is 0.0750. The maximum absolute atomic E-state index is 13.3. The van der Waals surface area contributed by atoms with Crippen LogP contribution < -0.4 is 58.5 Å². The van der Waals surface area contributed by atoms with Crippen LogP contribution in [0.1, 0.15) is 119 Å². The van der Waals surface area contributed by atoms with Crippen molar-refractivity contribution in [2.24, 2.45) is 49.3 Å². The van der Waals surface area contributed by atoms with Gasteiger partial charge in [0.25, 0.3) is 41.4 Å². The third-order valence-corrected chi connectivity index (χ3v) is 15.8. The van der Waals surface area contributed by atoms with Crippen molar-refractivity contribution in [1.82, 2.24) is 88.3 Å². The highest BCUT2D eigenvalue weighted by molar-refractivity contribution is 6.06. The Morgan fingerprint density at radius 3 is 1.35 bits per heavy atom. The maximum Gasteiger partial charge on any atom is 0.291 e. The number of piperazine rings is 1. The molecule has 2 aliphatic rings. The fourth-order valence-corrected chi connectivity index (χ4v) is 10.9. The molecule has 0 aliphatic carbocycles. The third kappa shape index (κ3) is 17.9. The Labute approximate surface area is 544 Å². The standard InChI is InChI=1S/C60H78N24O11/c1-76-24-21-62-50(76)59(94)68-37-28-41(78(3)31-37)55(90)64-16-11-48(87)71-44-34-82(7)53(73-44)60(95)69-38-29-40(77(2)32-38)54(89)63-15-8-9-46(85)70-43-33-80(5)51(72-43)57(92)65-17-10-47(86)67-36-27-42(79(4)30-36)56(91)75-45-35-81(6)52(74-45)58(93)66-18-12-49(88)84-22-13-39(14-23-84)83-25-19-61-20-26-83/h21,24,27-35,39,61H,8-20,22-23,25-26H2,1-7H3,(H,63,89)(H,64,90)(H,65,92)(H,66,93)(H,67,86)(H,68,94)(H,69,95)(H,70,85)(H,71,87)(H,75,91). The molecule has 35 nitrogen and oxygen atoms in total. The number of likely N-dealkylation sites (tertiary alicyclic amines) is 1. The molecule has 504 valence electrons. The molecule has 2 saturated heterocycles. The number of hydrogen-bond acceptors (Lipinski definition) is 17. The van der Waals surface area contributed by atoms with Gasteiger partial charge in [-0.3, -0.25) is 57.6 Å². The molecule has 11 N–H and O–H groups in total. The molecule has 9 heterocycles. The number of amides is 11. The molecule has 0 saturated carbocycles. The molecule has 0 radical (unpaired) electrons. The molecule has 2 aliphatic heterocycles. The zero-order valence-corrected chi connectivity index (χ0v) is 53.8. The average Bonchev–Trinajstić information content (AvgIpc) is 1.92. The third-order valence-electron chi connectivity index (χ3n) is 15.8. The highest BCUT2D eigenvalue weighted by Gasteiger charge is 2.29. The van der Waals surface area contributed by atoms with Gasteiger partial charge >= 0.3 is 0 Å². The second-order valence-corrected chi connectivity index (χ2v) is 23.0. The smallest absolute Gasteiger partial charge is 0.291 e. The van der Waals surface area contributed by atoms with Gasteiger partial charge in [-0.05, 0) is 37.5 Å². The number of anilines is 6. The van der Waals surface area contributed by atoms with E-state index in [9.17, 15) is 52.7 Å². The first-order chi connectivity index (χ1) is 45.5. The van der Waals surface area contributed by atoms with Crippen molar-refractivity contribution in [3.63, 3.8) is 0 Å². The molecule has 0 atom stereocenters. The van der Waals surface area contributed by atoms with Crippen molar-refractivity contribution in [2.75, 3.05) is 97.3 Å². The van der Waals surface area contributed by atoms with Crippen molar-refractivity contribution >= 4 is 99.5 Å². The molecular formula is C60H78N24O11. The van der Waals surface area contributed by atoms with Gasteiger partial charge in [-0.2, -0.15) is 0 Å². The highest BCUT2D eigenvalue weighted by Crippen LogP contribution is 2.21. The highest BCUT2D eigenvalue weighted by atomic mass is 16.2. The minimum absolute atomic E-state index is 0.0145. The largest absolute Gasteiger partial charge is 0.351 e. The number of carbonyl (C=O) groups excluding carboxylic acids is 11. The number of rotatable bonds is 27. The van der Waals surface area contributed by atoms with Gasteiger partial charge in [-0.1, -0.05) is 0 Å². The normalized spacial score (nSPS) is 13.4. The lowest BCUT2D eigenvalue weighted by atomic mass is 10.0. The summed E-state index contributed by atoms with van der Waals surface area (Å²) in [4.78, 5) is 164. The average molecular weight is 1310 g/mol. The van der Waals surface area contributed by atoms with E-state index in [1.54, 1.807) is 66.3 Å². The Morgan fingerprint density at radius 1 is 0.421 bits per heavy atom. The van der Waals surface area contributed by atoms with Gasteiger partial charge in [0.1, 0.15) is 17.1 Å². The quantitative estimate of drug-likeness (QED) is 0.0304. The van der Waals surface area contributed by atoms with E-state index in [0.29, 0.717) is 30.5 Å². The molecule has 0 aromatic carbocycles. The summed E-state index contributed by atoms with van der Waals surface area (Å²) in [6.45, 7) is 5.53. The van der Waals surface area contributed by atoms with Gasteiger partial charge in [0, 0.05) is 196 Å². The zero-order valence-electron chi connectivity index (χ0n) is 53.8. The number of aryl methyl sites for hydroxylation is 7. The van der Waals surface area contributed by atoms with Crippen LogP contribution in [0, 0.1) is 0 Å². The Bertz CT molecular complexity index is 4030. The van der Waals surface area contributed by atoms with Gasteiger partial charge < -0.3 is 95.4 Å². The van der Waals surface area contributed by atoms with E-state index >= 15 is 0 Å². The molecule has 9 rings (SSSR count). The number of hydrogen-bond donors (Lipinski definition) is 11. The van der Waals surface area contributed by atoms with Gasteiger partial charge in [0.2, 0.25) is 41.1 Å². The van der Waals surface area contributed by atoms with Crippen molar-refractivity contribution < 1.29 is 52.7 Å². The topological polar surface area (TPSA) is 413 Å². The van der Waals surface area contributed by atoms with Gasteiger partial charge in [-0.25, -0.2) is 19.9 Å². The van der Waals surface area contributed by atoms with E-state index in [2.05, 4.69) is 83.3 Å². The monoisotopic (exact) mass is 1310 g/mol. The van der Waals surface area contributed by atoms with Crippen LogP contribution in [0.3, 0.4) is 0 Å². The van der Waals surface area contributed by atoms with E-state index in [1.165, 1.54) is 82.8 Å². The van der Waals surface area contributed by atoms with Crippen molar-refractivity contribution in [2.45, 2.75) is 51.0 Å². The fraction of sp³-hybridized carbons (Fsp3) is 0.417. The van der Waals surface area contributed by atoms with E-state index < -0.39 is 59.1 Å². The number of carbonyl (C=O) groups is 11. The van der Waals surface area contributed by atoms with Crippen molar-refractivity contribution in [3.8, 4) is 0 Å². The summed E-state index contributed by atoms with van der Waals surface area (Å²) in [6.07, 6.45) is 14.1. The van der Waals surface area contributed by atoms with Crippen LogP contribution in [0.2, 0.25) is 0 Å². The number of piperidine rings is 1. The zero-order chi connectivity index (χ0) is 68.0. The lowest BCUT2D eigenvalue weighted by Gasteiger charge is -2.40. The Hall–Kier alpha value is -11.2. The van der Waals surface area contributed by atoms with Crippen LogP contribution in [0.25, 0.3) is 0 Å². The molecule has 0 unspecified atom stereocenters. The summed E-state index contributed by atoms with van der Waals surface area (Å²) in [5.74, 6) is -4.65. The minimum atomic E-state index is -0.632. The second kappa shape index (κ2) is 30.9. The molecule has 2 fully saturated rings. The number of nitrogens with one attached hydrogen (secondary N) is 11. The van der Waals surface area contributed by atoms with E-state index in [1.807, 2.05) is 4.90 Å². The van der Waals surface area contributed by atoms with Crippen LogP contribution in [0.5, 0.6) is 0 Å². The molecule has 0 bridgehead atoms. The summed E-state index contributed by atoms with van der Waals surface area (Å²) in [7, 11) is 11.3. The number of nitrogens with zero attached hydrogens (tertiary/aromatic N) is 13. The van der Waals surface area contributed by atoms with Crippen molar-refractivity contribution in [3.05, 3.63) is 108 Å². The number of aromatic nitrogens is 11. The summed E-state index contributed by atoms with van der Waals surface area (Å²) in [6, 6.07) is 4.90. The number of imidazole rings is 4. The summed E-state index contributed by atoms with van der Waals surface area (Å²) in [5.41, 5.74) is 1.59. The van der Waals surface area contributed by atoms with E-state index in [4.69, 9.17) is 0 Å². The van der Waals surface area contributed by atoms with Crippen LogP contribution in [-0.4, -0.2) is 198 Å². The van der Waals surface area contributed by atoms with E-state index in [-0.39, 0.29) is 128 Å². The van der Waals surface area contributed by atoms with Crippen LogP contribution in [0.15, 0.2) is 67.8 Å². The first-order valence-corrected chi connectivity index (χ1v) is 30.7. The molecule has 11 amide bonds. The van der Waals surface area contributed by atoms with Gasteiger partial charge in [0.15, 0.2) is 23.3 Å². The Kier molecular flexibility index (Phi) is 22.2. The fourth-order valence-electron chi connectivity index (χ4n) is 10.9. The lowest BCUT2D eigenvalue weighted by molar-refractivity contribution is -0.132. The van der Waals surface area contributed by atoms with Crippen LogP contribution in [-0.2, 0) is 68.5 Å². The summed E-state index contributed by atoms with van der Waals surface area (Å²) < 4.78 is 10.4. The summed E-state index contributed by atoms with van der Waals surface area (Å²) in [5, 5.41) is 30.2. The van der Waals surface area contributed by atoms with E-state index in [0.717, 1.165) is 39.0 Å². The molecule has 0 spiro atoms. The molecule has 95 heavy (non-hydrogen) atoms. The molecule has 35 heteroatoms. The first-order valence-electron chi connectivity index (χ1n) is 30.7. The van der Waals surface area contributed by atoms with Crippen LogP contribution >= 0.6 is 0 Å². The molecular weight excluding hydrogens is 1230 g/mol. The Balaban J connectivity index is 0.630. The molecule has 7 aromatic heterocycles. The molecule has 7 aromatic rings. The first kappa shape index (κ1) is 68.1. The minimum Gasteiger partial charge on any atom is -0.351 e. The predicted molar refractivity (Wildman–Crippen MR) is 345 cm³/mol. The van der Waals surface area contributed by atoms with Crippen LogP contribution in [0.4, 0.5) is 34.5 Å².